The number of carbonyl (C=O) groups is 2. The highest BCUT2D eigenvalue weighted by atomic mass is 79.9. The molecule has 0 saturated carbocycles. The Morgan fingerprint density at radius 2 is 2.16 bits per heavy atom. The molecular weight excluding hydrogens is 321 g/mol. The Hall–Kier alpha value is -1.47. The first-order valence-electron chi connectivity index (χ1n) is 5.55. The van der Waals surface area contributed by atoms with Crippen LogP contribution in [0.5, 0.6) is 0 Å². The van der Waals surface area contributed by atoms with Crippen LogP contribution in [-0.4, -0.2) is 36.2 Å². The fourth-order valence-electron chi connectivity index (χ4n) is 1.86. The quantitative estimate of drug-likeness (QED) is 0.878. The molecule has 0 radical (unpaired) electrons. The second-order valence-corrected chi connectivity index (χ2v) is 5.04. The van der Waals surface area contributed by atoms with E-state index in [1.165, 1.54) is 12.1 Å². The number of carboxylic acid groups (broad SMARTS) is 1. The summed E-state index contributed by atoms with van der Waals surface area (Å²) in [6.07, 6.45) is 0. The third kappa shape index (κ3) is 3.10. The summed E-state index contributed by atoms with van der Waals surface area (Å²) in [6, 6.07) is 3.12. The summed E-state index contributed by atoms with van der Waals surface area (Å²) < 4.78 is 18.6. The number of hydrogen-bond donors (Lipinski definition) is 2. The van der Waals surface area contributed by atoms with Gasteiger partial charge in [0.15, 0.2) is 0 Å². The van der Waals surface area contributed by atoms with E-state index in [-0.39, 0.29) is 18.8 Å². The molecule has 2 N–H and O–H groups in total. The lowest BCUT2D eigenvalue weighted by atomic mass is 10.0. The van der Waals surface area contributed by atoms with Crippen molar-refractivity contribution < 1.29 is 23.8 Å². The van der Waals surface area contributed by atoms with Gasteiger partial charge in [-0.3, -0.25) is 9.59 Å². The minimum absolute atomic E-state index is 0.0601. The fourth-order valence-corrected chi connectivity index (χ4v) is 2.28. The van der Waals surface area contributed by atoms with Gasteiger partial charge in [0.2, 0.25) is 0 Å². The Bertz CT molecular complexity index is 522. The van der Waals surface area contributed by atoms with Crippen LogP contribution in [-0.2, 0) is 9.53 Å². The van der Waals surface area contributed by atoms with Crippen LogP contribution in [0, 0.1) is 11.7 Å². The van der Waals surface area contributed by atoms with Crippen molar-refractivity contribution in [2.24, 2.45) is 5.92 Å². The van der Waals surface area contributed by atoms with E-state index in [1.54, 1.807) is 0 Å². The molecule has 2 unspecified atom stereocenters. The molecule has 1 aliphatic rings. The number of rotatable bonds is 3. The maximum atomic E-state index is 13.1. The Kier molecular flexibility index (Phi) is 4.16. The van der Waals surface area contributed by atoms with Crippen LogP contribution in [0.4, 0.5) is 4.39 Å². The molecule has 0 bridgehead atoms. The lowest BCUT2D eigenvalue weighted by Crippen LogP contribution is -2.42. The van der Waals surface area contributed by atoms with E-state index in [4.69, 9.17) is 9.84 Å². The molecule has 1 aromatic rings. The maximum Gasteiger partial charge on any atom is 0.311 e. The van der Waals surface area contributed by atoms with Crippen LogP contribution < -0.4 is 5.32 Å². The van der Waals surface area contributed by atoms with Crippen LogP contribution in [0.3, 0.4) is 0 Å². The predicted molar refractivity (Wildman–Crippen MR) is 67.3 cm³/mol. The molecule has 102 valence electrons. The molecule has 2 rings (SSSR count). The van der Waals surface area contributed by atoms with E-state index in [0.717, 1.165) is 6.07 Å². The second kappa shape index (κ2) is 5.66. The van der Waals surface area contributed by atoms with Crippen LogP contribution in [0.1, 0.15) is 10.4 Å². The zero-order chi connectivity index (χ0) is 14.0. The summed E-state index contributed by atoms with van der Waals surface area (Å²) in [5.74, 6) is -2.88. The third-order valence-corrected chi connectivity index (χ3v) is 3.58. The highest BCUT2D eigenvalue weighted by molar-refractivity contribution is 9.10. The monoisotopic (exact) mass is 331 g/mol. The molecule has 19 heavy (non-hydrogen) atoms. The first kappa shape index (κ1) is 14.0. The van der Waals surface area contributed by atoms with Gasteiger partial charge in [-0.2, -0.15) is 0 Å². The molecule has 0 spiro atoms. The smallest absolute Gasteiger partial charge is 0.311 e. The number of carboxylic acids is 1. The zero-order valence-corrected chi connectivity index (χ0v) is 11.3. The number of nitrogens with one attached hydrogen (secondary N) is 1. The molecule has 0 aliphatic carbocycles. The summed E-state index contributed by atoms with van der Waals surface area (Å²) in [6.45, 7) is 0.195. The highest BCUT2D eigenvalue weighted by Gasteiger charge is 2.35. The van der Waals surface area contributed by atoms with Crippen molar-refractivity contribution in [3.8, 4) is 0 Å². The predicted octanol–water partition coefficient (Wildman–Crippen LogP) is 1.42. The average Bonchev–Trinajstić information content (AvgIpc) is 2.80. The van der Waals surface area contributed by atoms with Gasteiger partial charge in [-0.1, -0.05) is 0 Å². The number of benzene rings is 1. The highest BCUT2D eigenvalue weighted by Crippen LogP contribution is 2.19. The first-order valence-corrected chi connectivity index (χ1v) is 6.35. The number of amides is 1. The van der Waals surface area contributed by atoms with Crippen molar-refractivity contribution in [3.63, 3.8) is 0 Å². The number of ether oxygens (including phenoxy) is 1. The lowest BCUT2D eigenvalue weighted by molar-refractivity contribution is -0.142. The Morgan fingerprint density at radius 3 is 2.84 bits per heavy atom. The van der Waals surface area contributed by atoms with E-state index < -0.39 is 29.7 Å². The third-order valence-electron chi connectivity index (χ3n) is 2.89. The normalized spacial score (nSPS) is 22.2. The van der Waals surface area contributed by atoms with Gasteiger partial charge < -0.3 is 15.2 Å². The van der Waals surface area contributed by atoms with Crippen molar-refractivity contribution >= 4 is 27.8 Å². The number of aliphatic carboxylic acids is 1. The summed E-state index contributed by atoms with van der Waals surface area (Å²) in [7, 11) is 0. The molecule has 2 atom stereocenters. The molecule has 1 aromatic carbocycles. The minimum atomic E-state index is -1.03. The standard InChI is InChI=1S/C12H11BrFNO4/c13-9-2-1-6(14)3-7(9)11(16)15-10-5-19-4-8(10)12(17)18/h1-3,8,10H,4-5H2,(H,15,16)(H,17,18). The molecule has 0 aromatic heterocycles. The van der Waals surface area contributed by atoms with Gasteiger partial charge >= 0.3 is 5.97 Å². The van der Waals surface area contributed by atoms with E-state index >= 15 is 0 Å². The van der Waals surface area contributed by atoms with Gasteiger partial charge in [0.25, 0.3) is 5.91 Å². The topological polar surface area (TPSA) is 75.6 Å². The Balaban J connectivity index is 2.12. The van der Waals surface area contributed by atoms with Crippen molar-refractivity contribution in [1.82, 2.24) is 5.32 Å². The van der Waals surface area contributed by atoms with Crippen molar-refractivity contribution in [2.45, 2.75) is 6.04 Å². The number of carbonyl (C=O) groups excluding carboxylic acids is 1. The van der Waals surface area contributed by atoms with Gasteiger partial charge in [-0.15, -0.1) is 0 Å². The molecule has 5 nitrogen and oxygen atoms in total. The Morgan fingerprint density at radius 1 is 1.42 bits per heavy atom. The van der Waals surface area contributed by atoms with Gasteiger partial charge in [0, 0.05) is 4.47 Å². The molecule has 7 heteroatoms. The SMILES string of the molecule is O=C(NC1COCC1C(=O)O)c1cc(F)ccc1Br. The largest absolute Gasteiger partial charge is 0.481 e. The van der Waals surface area contributed by atoms with Crippen molar-refractivity contribution in [3.05, 3.63) is 34.1 Å². The van der Waals surface area contributed by atoms with Gasteiger partial charge in [-0.25, -0.2) is 4.39 Å². The summed E-state index contributed by atoms with van der Waals surface area (Å²) >= 11 is 3.15. The van der Waals surface area contributed by atoms with Crippen molar-refractivity contribution in [1.29, 1.82) is 0 Å². The Labute approximate surface area is 116 Å². The molecule has 1 heterocycles. The molecule has 1 aliphatic heterocycles. The van der Waals surface area contributed by atoms with Crippen LogP contribution in [0.25, 0.3) is 0 Å². The first-order chi connectivity index (χ1) is 8.99. The van der Waals surface area contributed by atoms with Crippen LogP contribution >= 0.6 is 15.9 Å². The van der Waals surface area contributed by atoms with E-state index in [0.29, 0.717) is 4.47 Å². The second-order valence-electron chi connectivity index (χ2n) is 4.19. The average molecular weight is 332 g/mol. The molecule has 1 saturated heterocycles. The van der Waals surface area contributed by atoms with Gasteiger partial charge in [0.1, 0.15) is 11.7 Å². The zero-order valence-electron chi connectivity index (χ0n) is 9.73. The summed E-state index contributed by atoms with van der Waals surface area (Å²) in [4.78, 5) is 22.9. The maximum absolute atomic E-state index is 13.1. The molecule has 1 fully saturated rings. The van der Waals surface area contributed by atoms with Crippen LogP contribution in [0.15, 0.2) is 22.7 Å². The molecular formula is C12H11BrFNO4. The van der Waals surface area contributed by atoms with Crippen LogP contribution in [0.2, 0.25) is 0 Å². The summed E-state index contributed by atoms with van der Waals surface area (Å²) in [5, 5.41) is 11.5. The summed E-state index contributed by atoms with van der Waals surface area (Å²) in [5.41, 5.74) is 0.121. The van der Waals surface area contributed by atoms with E-state index in [2.05, 4.69) is 21.2 Å². The number of hydrogen-bond acceptors (Lipinski definition) is 3. The lowest BCUT2D eigenvalue weighted by Gasteiger charge is -2.16. The van der Waals surface area contributed by atoms with Gasteiger partial charge in [-0.05, 0) is 34.1 Å². The molecule has 1 amide bonds. The van der Waals surface area contributed by atoms with Crippen molar-refractivity contribution in [2.75, 3.05) is 13.2 Å². The fraction of sp³-hybridized carbons (Fsp3) is 0.333. The van der Waals surface area contributed by atoms with E-state index in [9.17, 15) is 14.0 Å². The van der Waals surface area contributed by atoms with Gasteiger partial charge in [0.05, 0.1) is 24.8 Å². The van der Waals surface area contributed by atoms with E-state index in [1.807, 2.05) is 0 Å². The minimum Gasteiger partial charge on any atom is -0.481 e. The number of halogens is 2.